The number of hydrogen-bond donors (Lipinski definition) is 1. The van der Waals surface area contributed by atoms with E-state index in [1.807, 2.05) is 4.98 Å². The molecule has 1 aliphatic rings. The molecule has 14 nitrogen and oxygen atoms in total. The Morgan fingerprint density at radius 2 is 1.68 bits per heavy atom. The summed E-state index contributed by atoms with van der Waals surface area (Å²) in [6.07, 6.45) is 0.264. The number of nitrogens with zero attached hydrogens (tertiary/aromatic N) is 1. The van der Waals surface area contributed by atoms with Crippen LogP contribution in [0.25, 0.3) is 0 Å². The molecule has 2 rings (SSSR count). The molecule has 2 unspecified atom stereocenters. The molecule has 1 fully saturated rings. The van der Waals surface area contributed by atoms with Gasteiger partial charge in [0, 0.05) is 12.3 Å². The largest absolute Gasteiger partial charge is 1.00 e. The van der Waals surface area contributed by atoms with Crippen molar-refractivity contribution in [3.05, 3.63) is 33.1 Å². The van der Waals surface area contributed by atoms with Crippen LogP contribution in [0.4, 0.5) is 0 Å². The van der Waals surface area contributed by atoms with Crippen LogP contribution in [0.15, 0.2) is 21.9 Å². The van der Waals surface area contributed by atoms with Gasteiger partial charge in [0.25, 0.3) is 13.4 Å². The molecule has 0 radical (unpaired) electrons. The van der Waals surface area contributed by atoms with Gasteiger partial charge in [-0.05, 0) is 12.8 Å². The average Bonchev–Trinajstić information content (AvgIpc) is 2.90. The number of rotatable bonds is 8. The summed E-state index contributed by atoms with van der Waals surface area (Å²) in [7, 11) is -11.8. The van der Waals surface area contributed by atoms with Crippen LogP contribution in [0.3, 0.4) is 0 Å². The molecule has 22 heteroatoms. The summed E-state index contributed by atoms with van der Waals surface area (Å²) >= 11 is 4.29. The molecular formula is C9H11N2Na4O12P3S. The van der Waals surface area contributed by atoms with Gasteiger partial charge < -0.3 is 33.4 Å². The van der Waals surface area contributed by atoms with Crippen LogP contribution in [-0.2, 0) is 38.8 Å². The van der Waals surface area contributed by atoms with Crippen molar-refractivity contribution in [3.63, 3.8) is 0 Å². The molecular weight excluding hydrogens is 545 g/mol. The molecule has 1 saturated heterocycles. The topological polar surface area (TPSA) is 218 Å². The van der Waals surface area contributed by atoms with Crippen molar-refractivity contribution in [1.82, 2.24) is 9.55 Å². The zero-order valence-corrected chi connectivity index (χ0v) is 28.5. The molecule has 1 aromatic rings. The molecule has 1 aliphatic heterocycles. The number of H-pyrrole nitrogens is 1. The maximum atomic E-state index is 11.8. The number of aromatic nitrogens is 2. The van der Waals surface area contributed by atoms with Crippen LogP contribution in [-0.4, -0.2) is 22.3 Å². The summed E-state index contributed by atoms with van der Waals surface area (Å²) in [4.78, 5) is 68.3. The van der Waals surface area contributed by atoms with E-state index in [0.29, 0.717) is 6.42 Å². The van der Waals surface area contributed by atoms with Crippen molar-refractivity contribution >= 4 is 34.2 Å². The molecule has 0 aromatic carbocycles. The third kappa shape index (κ3) is 14.7. The first-order chi connectivity index (χ1) is 12.3. The van der Waals surface area contributed by atoms with Crippen molar-refractivity contribution in [2.24, 2.45) is 0 Å². The van der Waals surface area contributed by atoms with Crippen molar-refractivity contribution in [2.45, 2.75) is 25.2 Å². The third-order valence-electron chi connectivity index (χ3n) is 3.07. The van der Waals surface area contributed by atoms with Crippen LogP contribution in [0.2, 0.25) is 0 Å². The van der Waals surface area contributed by atoms with Crippen LogP contribution < -0.4 is 149 Å². The van der Waals surface area contributed by atoms with Crippen molar-refractivity contribution < 1.29 is 165 Å². The zero-order valence-electron chi connectivity index (χ0n) is 17.0. The summed E-state index contributed by atoms with van der Waals surface area (Å²) in [5.41, 5.74) is -1.31. The predicted molar refractivity (Wildman–Crippen MR) is 82.1 cm³/mol. The van der Waals surface area contributed by atoms with Gasteiger partial charge in [-0.2, -0.15) is 0 Å². The fourth-order valence-corrected chi connectivity index (χ4v) is 5.93. The van der Waals surface area contributed by atoms with Gasteiger partial charge >= 0.3 is 124 Å². The minimum absolute atomic E-state index is 0. The van der Waals surface area contributed by atoms with Gasteiger partial charge in [0.2, 0.25) is 0 Å². The van der Waals surface area contributed by atoms with Crippen LogP contribution >= 0.6 is 22.4 Å². The van der Waals surface area contributed by atoms with Gasteiger partial charge in [-0.1, -0.05) is 11.8 Å². The first-order valence-corrected chi connectivity index (χ1v) is 12.4. The summed E-state index contributed by atoms with van der Waals surface area (Å²) in [6.45, 7) is -5.30. The number of aromatic amines is 1. The fourth-order valence-electron chi connectivity index (χ4n) is 2.13. The SMILES string of the molecule is O=c1ccn([C@H]2CC[C@@H](COP([O-])(=S)OP(=O)([O-])OP(=O)([O-])[O-])O2)c(=O)[nH]1.[Na+].[Na+].[Na+].[Na+]. The number of nitrogens with one attached hydrogen (secondary N) is 1. The minimum Gasteiger partial charge on any atom is -0.790 e. The average molecular weight is 556 g/mol. The molecule has 1 N–H and O–H groups in total. The van der Waals surface area contributed by atoms with E-state index in [4.69, 9.17) is 4.74 Å². The second-order valence-electron chi connectivity index (χ2n) is 5.11. The first kappa shape index (κ1) is 39.0. The molecule has 31 heavy (non-hydrogen) atoms. The smallest absolute Gasteiger partial charge is 0.790 e. The first-order valence-electron chi connectivity index (χ1n) is 6.95. The summed E-state index contributed by atoms with van der Waals surface area (Å²) in [6, 6.07) is 1.11. The van der Waals surface area contributed by atoms with Gasteiger partial charge in [0.05, 0.1) is 20.5 Å². The van der Waals surface area contributed by atoms with Gasteiger partial charge in [-0.25, -0.2) is 4.79 Å². The van der Waals surface area contributed by atoms with Gasteiger partial charge in [-0.15, -0.1) is 0 Å². The fraction of sp³-hybridized carbons (Fsp3) is 0.556. The Kier molecular flexibility index (Phi) is 20.6. The Bertz CT molecular complexity index is 956. The van der Waals surface area contributed by atoms with Crippen molar-refractivity contribution in [3.8, 4) is 0 Å². The standard InChI is InChI=1S/C9H15N2O12P3S.4Na/c12-7-3-4-11(9(13)10-7)8-2-1-6(21-8)5-20-26(19,27)23-25(17,18)22-24(14,15)16;;;;/h3-4,6,8H,1-2,5H2,(H,17,18)(H,19,27)(H,10,12,13)(H2,14,15,16);;;;/q;4*+1/p-4/t6-,8+,26?;;;;/m0..../s1. The molecule has 1 aromatic heterocycles. The van der Waals surface area contributed by atoms with E-state index < -0.39 is 52.6 Å². The molecule has 0 spiro atoms. The van der Waals surface area contributed by atoms with Crippen LogP contribution in [0.1, 0.15) is 19.1 Å². The Hall–Kier alpha value is 3.47. The molecule has 4 atom stereocenters. The van der Waals surface area contributed by atoms with Gasteiger partial charge in [0.15, 0.2) is 0 Å². The van der Waals surface area contributed by atoms with Gasteiger partial charge in [0.1, 0.15) is 12.9 Å². The number of phosphoric acid groups is 2. The molecule has 0 aliphatic carbocycles. The predicted octanol–water partition coefficient (Wildman–Crippen LogP) is -14.8. The molecule has 0 amide bonds. The molecule has 154 valence electrons. The summed E-state index contributed by atoms with van der Waals surface area (Å²) in [5.74, 6) is 0. The Balaban J connectivity index is -0.00000196. The Labute approximate surface area is 269 Å². The number of ether oxygens (including phenoxy) is 1. The quantitative estimate of drug-likeness (QED) is 0.233. The number of hydrogen-bond acceptors (Lipinski definition) is 13. The maximum Gasteiger partial charge on any atom is 1.00 e. The van der Waals surface area contributed by atoms with E-state index in [1.165, 1.54) is 6.20 Å². The summed E-state index contributed by atoms with van der Waals surface area (Å²) < 4.78 is 39.6. The third-order valence-corrected chi connectivity index (χ3v) is 7.65. The van der Waals surface area contributed by atoms with Crippen LogP contribution in [0.5, 0.6) is 0 Å². The maximum absolute atomic E-state index is 11.8. The molecule has 2 heterocycles. The monoisotopic (exact) mass is 556 g/mol. The second kappa shape index (κ2) is 16.3. The van der Waals surface area contributed by atoms with Crippen molar-refractivity contribution in [2.75, 3.05) is 6.61 Å². The second-order valence-corrected chi connectivity index (χ2v) is 10.7. The normalized spacial score (nSPS) is 21.8. The zero-order chi connectivity index (χ0) is 20.5. The van der Waals surface area contributed by atoms with Gasteiger partial charge in [-0.3, -0.25) is 27.5 Å². The van der Waals surface area contributed by atoms with E-state index in [-0.39, 0.29) is 125 Å². The Morgan fingerprint density at radius 1 is 1.10 bits per heavy atom. The molecule has 0 saturated carbocycles. The minimum atomic E-state index is -5.97. The summed E-state index contributed by atoms with van der Waals surface area (Å²) in [5, 5.41) is 0. The van der Waals surface area contributed by atoms with E-state index in [9.17, 15) is 38.3 Å². The van der Waals surface area contributed by atoms with E-state index >= 15 is 0 Å². The Morgan fingerprint density at radius 3 is 2.19 bits per heavy atom. The van der Waals surface area contributed by atoms with E-state index in [0.717, 1.165) is 10.6 Å². The van der Waals surface area contributed by atoms with E-state index in [1.54, 1.807) is 0 Å². The molecule has 0 bridgehead atoms. The van der Waals surface area contributed by atoms with E-state index in [2.05, 4.69) is 25.0 Å². The van der Waals surface area contributed by atoms with Crippen LogP contribution in [0, 0.1) is 0 Å². The van der Waals surface area contributed by atoms with Crippen molar-refractivity contribution in [1.29, 1.82) is 0 Å².